The molecule has 1 aliphatic rings. The molecule has 0 unspecified atom stereocenters. The Labute approximate surface area is 122 Å². The summed E-state index contributed by atoms with van der Waals surface area (Å²) in [6.45, 7) is 9.91. The maximum atomic E-state index is 4.30. The van der Waals surface area contributed by atoms with Gasteiger partial charge in [-0.05, 0) is 31.8 Å². The average Bonchev–Trinajstić information content (AvgIpc) is 2.73. The van der Waals surface area contributed by atoms with Gasteiger partial charge in [-0.1, -0.05) is 20.8 Å². The van der Waals surface area contributed by atoms with E-state index in [4.69, 9.17) is 0 Å². The lowest BCUT2D eigenvalue weighted by molar-refractivity contribution is 0.389. The number of anilines is 2. The van der Waals surface area contributed by atoms with Crippen LogP contribution in [0.1, 0.15) is 33.6 Å². The van der Waals surface area contributed by atoms with E-state index in [0.717, 1.165) is 37.7 Å². The zero-order valence-electron chi connectivity index (χ0n) is 13.1. The van der Waals surface area contributed by atoms with Crippen LogP contribution in [-0.4, -0.2) is 47.6 Å². The monoisotopic (exact) mass is 277 g/mol. The maximum Gasteiger partial charge on any atom is 0.131 e. The van der Waals surface area contributed by atoms with E-state index in [1.54, 1.807) is 6.33 Å². The summed E-state index contributed by atoms with van der Waals surface area (Å²) >= 11 is 0. The van der Waals surface area contributed by atoms with Crippen molar-refractivity contribution in [2.45, 2.75) is 39.7 Å². The molecule has 1 saturated heterocycles. The number of likely N-dealkylation sites (tertiary alicyclic amines) is 1. The predicted molar refractivity (Wildman–Crippen MR) is 84.1 cm³/mol. The van der Waals surface area contributed by atoms with E-state index in [1.807, 2.05) is 6.07 Å². The summed E-state index contributed by atoms with van der Waals surface area (Å²) in [5, 5.41) is 6.86. The standard InChI is InChI=1S/C15H27N5/c1-15(2,3)6-7-16-13-9-14(18-11-17-13)19-12-5-8-20(4)10-12/h9,11-12H,5-8,10H2,1-4H3,(H2,16,17,18,19)/t12-/m0/s1. The molecule has 1 atom stereocenters. The summed E-state index contributed by atoms with van der Waals surface area (Å²) in [5.41, 5.74) is 0.343. The molecule has 2 N–H and O–H groups in total. The molecule has 0 aromatic carbocycles. The second-order valence-electron chi connectivity index (χ2n) is 6.92. The smallest absolute Gasteiger partial charge is 0.131 e. The first-order valence-electron chi connectivity index (χ1n) is 7.43. The Bertz CT molecular complexity index is 427. The van der Waals surface area contributed by atoms with E-state index >= 15 is 0 Å². The Hall–Kier alpha value is -1.36. The van der Waals surface area contributed by atoms with Crippen molar-refractivity contribution in [1.29, 1.82) is 0 Å². The molecule has 2 heterocycles. The fourth-order valence-electron chi connectivity index (χ4n) is 2.36. The van der Waals surface area contributed by atoms with Gasteiger partial charge in [0.1, 0.15) is 18.0 Å². The molecule has 5 heteroatoms. The quantitative estimate of drug-likeness (QED) is 0.866. The van der Waals surface area contributed by atoms with Crippen LogP contribution in [0.4, 0.5) is 11.6 Å². The molecule has 0 saturated carbocycles. The van der Waals surface area contributed by atoms with Crippen molar-refractivity contribution in [3.8, 4) is 0 Å². The molecule has 0 aliphatic carbocycles. The van der Waals surface area contributed by atoms with Gasteiger partial charge >= 0.3 is 0 Å². The van der Waals surface area contributed by atoms with E-state index in [2.05, 4.69) is 53.3 Å². The average molecular weight is 277 g/mol. The third kappa shape index (κ3) is 4.96. The molecule has 0 bridgehead atoms. The fraction of sp³-hybridized carbons (Fsp3) is 0.733. The van der Waals surface area contributed by atoms with Crippen LogP contribution in [0.5, 0.6) is 0 Å². The SMILES string of the molecule is CN1CC[C@H](Nc2cc(NCCC(C)(C)C)ncn2)C1. The van der Waals surface area contributed by atoms with Gasteiger partial charge in [0.15, 0.2) is 0 Å². The number of rotatable bonds is 5. The molecular weight excluding hydrogens is 250 g/mol. The van der Waals surface area contributed by atoms with E-state index in [1.165, 1.54) is 6.42 Å². The van der Waals surface area contributed by atoms with Crippen LogP contribution in [0.25, 0.3) is 0 Å². The summed E-state index contributed by atoms with van der Waals surface area (Å²) in [5.74, 6) is 1.82. The molecule has 0 amide bonds. The summed E-state index contributed by atoms with van der Waals surface area (Å²) in [4.78, 5) is 10.9. The van der Waals surface area contributed by atoms with Gasteiger partial charge in [0.2, 0.25) is 0 Å². The Morgan fingerprint density at radius 2 is 2.05 bits per heavy atom. The van der Waals surface area contributed by atoms with Gasteiger partial charge in [0, 0.05) is 25.2 Å². The largest absolute Gasteiger partial charge is 0.370 e. The van der Waals surface area contributed by atoms with Crippen LogP contribution >= 0.6 is 0 Å². The zero-order chi connectivity index (χ0) is 14.6. The number of aromatic nitrogens is 2. The minimum atomic E-state index is 0.343. The lowest BCUT2D eigenvalue weighted by Gasteiger charge is -2.18. The molecule has 2 rings (SSSR count). The van der Waals surface area contributed by atoms with Gasteiger partial charge in [0.25, 0.3) is 0 Å². The number of hydrogen-bond acceptors (Lipinski definition) is 5. The number of nitrogens with one attached hydrogen (secondary N) is 2. The van der Waals surface area contributed by atoms with Crippen LogP contribution in [0.2, 0.25) is 0 Å². The first-order valence-corrected chi connectivity index (χ1v) is 7.43. The van der Waals surface area contributed by atoms with E-state index in [9.17, 15) is 0 Å². The van der Waals surface area contributed by atoms with Crippen LogP contribution in [-0.2, 0) is 0 Å². The highest BCUT2D eigenvalue weighted by molar-refractivity contribution is 5.47. The highest BCUT2D eigenvalue weighted by Crippen LogP contribution is 2.19. The number of hydrogen-bond donors (Lipinski definition) is 2. The van der Waals surface area contributed by atoms with E-state index in [-0.39, 0.29) is 0 Å². The van der Waals surface area contributed by atoms with Crippen LogP contribution in [0.15, 0.2) is 12.4 Å². The zero-order valence-corrected chi connectivity index (χ0v) is 13.1. The van der Waals surface area contributed by atoms with Crippen molar-refractivity contribution in [2.75, 3.05) is 37.3 Å². The van der Waals surface area contributed by atoms with Crippen LogP contribution in [0.3, 0.4) is 0 Å². The Morgan fingerprint density at radius 3 is 2.70 bits per heavy atom. The van der Waals surface area contributed by atoms with Gasteiger partial charge in [0.05, 0.1) is 0 Å². The van der Waals surface area contributed by atoms with Gasteiger partial charge in [-0.2, -0.15) is 0 Å². The highest BCUT2D eigenvalue weighted by Gasteiger charge is 2.19. The van der Waals surface area contributed by atoms with Crippen molar-refractivity contribution >= 4 is 11.6 Å². The highest BCUT2D eigenvalue weighted by atomic mass is 15.2. The molecule has 1 fully saturated rings. The lowest BCUT2D eigenvalue weighted by atomic mass is 9.92. The minimum Gasteiger partial charge on any atom is -0.370 e. The molecular formula is C15H27N5. The van der Waals surface area contributed by atoms with Crippen LogP contribution < -0.4 is 10.6 Å². The number of likely N-dealkylation sites (N-methyl/N-ethyl adjacent to an activating group) is 1. The Morgan fingerprint density at radius 1 is 1.30 bits per heavy atom. The molecule has 1 aromatic heterocycles. The number of nitrogens with zero attached hydrogens (tertiary/aromatic N) is 3. The van der Waals surface area contributed by atoms with Crippen molar-refractivity contribution in [3.05, 3.63) is 12.4 Å². The fourth-order valence-corrected chi connectivity index (χ4v) is 2.36. The summed E-state index contributed by atoms with van der Waals surface area (Å²) in [7, 11) is 2.15. The molecule has 112 valence electrons. The maximum absolute atomic E-state index is 4.30. The third-order valence-corrected chi connectivity index (χ3v) is 3.59. The first kappa shape index (κ1) is 15.0. The summed E-state index contributed by atoms with van der Waals surface area (Å²) in [6.07, 6.45) is 3.92. The molecule has 0 spiro atoms. The van der Waals surface area contributed by atoms with E-state index < -0.39 is 0 Å². The van der Waals surface area contributed by atoms with Crippen molar-refractivity contribution in [2.24, 2.45) is 5.41 Å². The van der Waals surface area contributed by atoms with Crippen molar-refractivity contribution < 1.29 is 0 Å². The van der Waals surface area contributed by atoms with Gasteiger partial charge in [-0.3, -0.25) is 0 Å². The van der Waals surface area contributed by atoms with Gasteiger partial charge < -0.3 is 15.5 Å². The second kappa shape index (κ2) is 6.39. The first-order chi connectivity index (χ1) is 9.42. The summed E-state index contributed by atoms with van der Waals surface area (Å²) in [6, 6.07) is 2.50. The molecule has 0 radical (unpaired) electrons. The van der Waals surface area contributed by atoms with Crippen molar-refractivity contribution in [1.82, 2.24) is 14.9 Å². The van der Waals surface area contributed by atoms with Crippen molar-refractivity contribution in [3.63, 3.8) is 0 Å². The second-order valence-corrected chi connectivity index (χ2v) is 6.92. The van der Waals surface area contributed by atoms with E-state index in [0.29, 0.717) is 11.5 Å². The minimum absolute atomic E-state index is 0.343. The third-order valence-electron chi connectivity index (χ3n) is 3.59. The van der Waals surface area contributed by atoms with Gasteiger partial charge in [-0.25, -0.2) is 9.97 Å². The summed E-state index contributed by atoms with van der Waals surface area (Å²) < 4.78 is 0. The lowest BCUT2D eigenvalue weighted by Crippen LogP contribution is -2.24. The predicted octanol–water partition coefficient (Wildman–Crippen LogP) is 2.44. The van der Waals surface area contributed by atoms with Gasteiger partial charge in [-0.15, -0.1) is 0 Å². The van der Waals surface area contributed by atoms with Crippen LogP contribution in [0, 0.1) is 5.41 Å². The molecule has 1 aliphatic heterocycles. The Kier molecular flexibility index (Phi) is 4.81. The normalized spacial score (nSPS) is 20.1. The molecule has 20 heavy (non-hydrogen) atoms. The topological polar surface area (TPSA) is 53.1 Å². The molecule has 1 aromatic rings. The molecule has 5 nitrogen and oxygen atoms in total. The Balaban J connectivity index is 1.84.